The molecule has 0 spiro atoms. The molecule has 3 atom stereocenters. The zero-order chi connectivity index (χ0) is 19.3. The molecule has 0 amide bonds. The van der Waals surface area contributed by atoms with Gasteiger partial charge in [0.15, 0.2) is 0 Å². The van der Waals surface area contributed by atoms with E-state index in [1.165, 1.54) is 11.1 Å². The van der Waals surface area contributed by atoms with Crippen LogP contribution in [0, 0.1) is 11.3 Å². The van der Waals surface area contributed by atoms with Crippen LogP contribution in [-0.2, 0) is 26.7 Å². The van der Waals surface area contributed by atoms with Gasteiger partial charge in [-0.2, -0.15) is 0 Å². The Bertz CT molecular complexity index is 847. The van der Waals surface area contributed by atoms with Crippen LogP contribution in [0.3, 0.4) is 0 Å². The van der Waals surface area contributed by atoms with Gasteiger partial charge in [0.25, 0.3) is 0 Å². The molecule has 0 bridgehead atoms. The van der Waals surface area contributed by atoms with E-state index < -0.39 is 38.6 Å². The number of rotatable bonds is 4. The van der Waals surface area contributed by atoms with Crippen LogP contribution in [-0.4, -0.2) is 81.3 Å². The van der Waals surface area contributed by atoms with Crippen molar-refractivity contribution in [3.63, 3.8) is 0 Å². The summed E-state index contributed by atoms with van der Waals surface area (Å²) >= 11 is 0. The van der Waals surface area contributed by atoms with E-state index in [2.05, 4.69) is 32.0 Å². The van der Waals surface area contributed by atoms with Crippen LogP contribution in [0.1, 0.15) is 69.1 Å². The standard InChI is InChI=1S/C20H28O5S.2Al.4H2O/c1-13(2)14-5-7-16-15(11-14)6-8-17-19(16,3)9-4-10-20(17,18(21)22)12-26(23,24)25;;;;;;/h5,7,11,13,17H,4,6,8-10,12H2,1-3H3,(H,21,22)(H,23,24,25);;;4*1H2/q;2*+3;;;;/p-6/t17-,19-,20-;;;;;;/m1....../s1. The molecule has 1 aromatic carbocycles. The van der Waals surface area contributed by atoms with E-state index in [-0.39, 0.29) is 63.0 Å². The Labute approximate surface area is 211 Å². The molecular weight excluding hydrogens is 470 g/mol. The first kappa shape index (κ1) is 38.8. The SMILES string of the molecule is CC(C)c1ccc2c(c1)CC[C@H]1[C@@](CS(=O)(=O)[O-])(C(=O)[O-])CCC[C@]21C.[Al+3].[Al+3].[OH-].[OH-].[OH-].[OH-]. The van der Waals surface area contributed by atoms with E-state index in [1.807, 2.05) is 6.92 Å². The van der Waals surface area contributed by atoms with Crippen molar-refractivity contribution < 1.29 is 44.8 Å². The molecule has 3 rings (SSSR count). The summed E-state index contributed by atoms with van der Waals surface area (Å²) in [6, 6.07) is 6.35. The van der Waals surface area contributed by atoms with Crippen LogP contribution in [0.25, 0.3) is 0 Å². The minimum Gasteiger partial charge on any atom is -0.870 e. The molecule has 0 aliphatic heterocycles. The minimum absolute atomic E-state index is 0. The molecule has 0 unspecified atom stereocenters. The average Bonchev–Trinajstić information content (AvgIpc) is 2.52. The molecule has 2 aliphatic rings. The van der Waals surface area contributed by atoms with E-state index in [9.17, 15) is 22.9 Å². The van der Waals surface area contributed by atoms with Gasteiger partial charge in [-0.1, -0.05) is 45.4 Å². The summed E-state index contributed by atoms with van der Waals surface area (Å²) in [5.41, 5.74) is 1.52. The zero-order valence-electron chi connectivity index (χ0n) is 18.5. The third-order valence-corrected chi connectivity index (χ3v) is 7.58. The maximum atomic E-state index is 12.1. The molecule has 32 heavy (non-hydrogen) atoms. The van der Waals surface area contributed by atoms with Crippen molar-refractivity contribution in [1.29, 1.82) is 0 Å². The predicted molar refractivity (Wildman–Crippen MR) is 115 cm³/mol. The van der Waals surface area contributed by atoms with Crippen molar-refractivity contribution in [1.82, 2.24) is 0 Å². The van der Waals surface area contributed by atoms with Crippen molar-refractivity contribution in [2.75, 3.05) is 5.75 Å². The first-order chi connectivity index (χ1) is 12.0. The summed E-state index contributed by atoms with van der Waals surface area (Å²) in [7, 11) is -4.67. The number of benzene rings is 1. The molecule has 0 saturated heterocycles. The molecule has 1 fully saturated rings. The van der Waals surface area contributed by atoms with Gasteiger partial charge in [0.05, 0.1) is 10.1 Å². The fourth-order valence-corrected chi connectivity index (χ4v) is 6.57. The molecule has 4 N–H and O–H groups in total. The topological polar surface area (TPSA) is 217 Å². The molecule has 12 heteroatoms. The number of hydrogen-bond donors (Lipinski definition) is 0. The second-order valence-electron chi connectivity index (χ2n) is 8.58. The van der Waals surface area contributed by atoms with Gasteiger partial charge in [-0.25, -0.2) is 8.42 Å². The van der Waals surface area contributed by atoms with Crippen LogP contribution in [0.5, 0.6) is 0 Å². The number of carboxylic acids is 1. The normalized spacial score (nSPS) is 25.5. The number of carbonyl (C=O) groups excluding carboxylic acids is 1. The Kier molecular flexibility index (Phi) is 16.2. The molecule has 0 radical (unpaired) electrons. The third kappa shape index (κ3) is 6.77. The van der Waals surface area contributed by atoms with E-state index in [0.717, 1.165) is 12.0 Å². The fraction of sp³-hybridized carbons (Fsp3) is 0.650. The van der Waals surface area contributed by atoms with Gasteiger partial charge < -0.3 is 36.4 Å². The van der Waals surface area contributed by atoms with Gasteiger partial charge >= 0.3 is 34.7 Å². The van der Waals surface area contributed by atoms with Crippen molar-refractivity contribution >= 4 is 50.8 Å². The largest absolute Gasteiger partial charge is 3.00 e. The first-order valence-electron chi connectivity index (χ1n) is 9.28. The van der Waals surface area contributed by atoms with Crippen molar-refractivity contribution in [2.24, 2.45) is 11.3 Å². The predicted octanol–water partition coefficient (Wildman–Crippen LogP) is 0.627. The van der Waals surface area contributed by atoms with Gasteiger partial charge in [0, 0.05) is 17.1 Å². The summed E-state index contributed by atoms with van der Waals surface area (Å²) < 4.78 is 34.5. The number of hydrogen-bond acceptors (Lipinski definition) is 9. The van der Waals surface area contributed by atoms with E-state index >= 15 is 0 Å². The first-order valence-corrected chi connectivity index (χ1v) is 10.9. The molecule has 1 saturated carbocycles. The second-order valence-corrected chi connectivity index (χ2v) is 9.98. The Morgan fingerprint density at radius 2 is 1.69 bits per heavy atom. The van der Waals surface area contributed by atoms with E-state index in [0.29, 0.717) is 25.2 Å². The van der Waals surface area contributed by atoms with Crippen LogP contribution < -0.4 is 5.11 Å². The van der Waals surface area contributed by atoms with Gasteiger partial charge in [-0.05, 0) is 59.6 Å². The average molecular weight is 500 g/mol. The Hall–Kier alpha value is -0.495. The summed E-state index contributed by atoms with van der Waals surface area (Å²) in [6.45, 7) is 6.30. The van der Waals surface area contributed by atoms with Crippen LogP contribution in [0.2, 0.25) is 0 Å². The zero-order valence-corrected chi connectivity index (χ0v) is 21.6. The molecule has 176 valence electrons. The molecule has 0 heterocycles. The number of aliphatic carboxylic acids is 1. The molecule has 1 aromatic rings. The summed E-state index contributed by atoms with van der Waals surface area (Å²) in [6.07, 6.45) is 2.82. The van der Waals surface area contributed by atoms with Crippen LogP contribution in [0.4, 0.5) is 0 Å². The second kappa shape index (κ2) is 13.4. The number of carboxylic acid groups (broad SMARTS) is 1. The number of aryl methyl sites for hydroxylation is 1. The molecule has 2 aliphatic carbocycles. The summed E-state index contributed by atoms with van der Waals surface area (Å²) in [5.74, 6) is -2.27. The van der Waals surface area contributed by atoms with Crippen molar-refractivity contribution in [2.45, 2.75) is 64.2 Å². The van der Waals surface area contributed by atoms with Gasteiger partial charge in [-0.3, -0.25) is 0 Å². The van der Waals surface area contributed by atoms with Crippen LogP contribution in [0.15, 0.2) is 18.2 Å². The summed E-state index contributed by atoms with van der Waals surface area (Å²) in [4.78, 5) is 12.1. The number of carbonyl (C=O) groups is 1. The number of fused-ring (bicyclic) bond motifs is 3. The quantitative estimate of drug-likeness (QED) is 0.417. The molecule has 9 nitrogen and oxygen atoms in total. The Morgan fingerprint density at radius 3 is 2.16 bits per heavy atom. The van der Waals surface area contributed by atoms with Crippen LogP contribution >= 0.6 is 0 Å². The smallest absolute Gasteiger partial charge is 0.870 e. The fourth-order valence-electron chi connectivity index (χ4n) is 5.47. The minimum atomic E-state index is -4.67. The van der Waals surface area contributed by atoms with E-state index in [4.69, 9.17) is 0 Å². The monoisotopic (exact) mass is 500 g/mol. The molecular formula is C20H30Al2O9S. The maximum Gasteiger partial charge on any atom is 3.00 e. The Morgan fingerprint density at radius 1 is 1.12 bits per heavy atom. The van der Waals surface area contributed by atoms with Gasteiger partial charge in [0.1, 0.15) is 0 Å². The third-order valence-electron chi connectivity index (χ3n) is 6.71. The Balaban J connectivity index is -0.000000653. The van der Waals surface area contributed by atoms with Crippen molar-refractivity contribution in [3.8, 4) is 0 Å². The van der Waals surface area contributed by atoms with Crippen molar-refractivity contribution in [3.05, 3.63) is 34.9 Å². The van der Waals surface area contributed by atoms with Gasteiger partial charge in [0.2, 0.25) is 0 Å². The molecule has 0 aromatic heterocycles. The van der Waals surface area contributed by atoms with E-state index in [1.54, 1.807) is 0 Å². The summed E-state index contributed by atoms with van der Waals surface area (Å²) in [5, 5.41) is 12.1. The van der Waals surface area contributed by atoms with Gasteiger partial charge in [-0.15, -0.1) is 0 Å². The maximum absolute atomic E-state index is 12.1.